The standard InChI is InChI=1S/C12H19NO/c1-12(2,3)13-9-10-6-5-7-11(8-10)14-4/h5-8,13H,9H2,1-4H3/i6D. The minimum atomic E-state index is 0.0650. The predicted molar refractivity (Wildman–Crippen MR) is 59.6 cm³/mol. The third-order valence-corrected chi connectivity index (χ3v) is 1.88. The number of hydrogen-bond acceptors (Lipinski definition) is 2. The van der Waals surface area contributed by atoms with Gasteiger partial charge in [0.1, 0.15) is 5.75 Å². The van der Waals surface area contributed by atoms with Gasteiger partial charge in [-0.25, -0.2) is 0 Å². The van der Waals surface area contributed by atoms with E-state index in [2.05, 4.69) is 26.1 Å². The highest BCUT2D eigenvalue weighted by molar-refractivity contribution is 5.28. The monoisotopic (exact) mass is 194 g/mol. The fourth-order valence-electron chi connectivity index (χ4n) is 1.08. The van der Waals surface area contributed by atoms with Crippen LogP contribution in [-0.4, -0.2) is 12.6 Å². The molecule has 0 bridgehead atoms. The van der Waals surface area contributed by atoms with Crippen molar-refractivity contribution in [2.75, 3.05) is 7.11 Å². The molecule has 14 heavy (non-hydrogen) atoms. The lowest BCUT2D eigenvalue weighted by Crippen LogP contribution is -2.35. The molecule has 2 nitrogen and oxygen atoms in total. The van der Waals surface area contributed by atoms with Gasteiger partial charge in [0.15, 0.2) is 0 Å². The third kappa shape index (κ3) is 3.79. The Bertz CT molecular complexity index is 331. The highest BCUT2D eigenvalue weighted by atomic mass is 16.5. The van der Waals surface area contributed by atoms with Crippen molar-refractivity contribution in [1.29, 1.82) is 0 Å². The molecule has 0 atom stereocenters. The Morgan fingerprint density at radius 2 is 2.21 bits per heavy atom. The van der Waals surface area contributed by atoms with Gasteiger partial charge in [-0.15, -0.1) is 0 Å². The minimum Gasteiger partial charge on any atom is -0.497 e. The van der Waals surface area contributed by atoms with Gasteiger partial charge >= 0.3 is 0 Å². The van der Waals surface area contributed by atoms with E-state index in [1.807, 2.05) is 12.1 Å². The van der Waals surface area contributed by atoms with Crippen LogP contribution in [-0.2, 0) is 6.54 Å². The van der Waals surface area contributed by atoms with E-state index in [1.54, 1.807) is 13.2 Å². The van der Waals surface area contributed by atoms with Gasteiger partial charge in [-0.05, 0) is 38.5 Å². The molecule has 0 spiro atoms. The normalized spacial score (nSPS) is 12.4. The molecule has 0 unspecified atom stereocenters. The summed E-state index contributed by atoms with van der Waals surface area (Å²) in [6.07, 6.45) is 0. The van der Waals surface area contributed by atoms with Gasteiger partial charge in [0, 0.05) is 12.1 Å². The van der Waals surface area contributed by atoms with E-state index >= 15 is 0 Å². The smallest absolute Gasteiger partial charge is 0.119 e. The van der Waals surface area contributed by atoms with Crippen molar-refractivity contribution in [3.8, 4) is 5.75 Å². The van der Waals surface area contributed by atoms with E-state index < -0.39 is 0 Å². The van der Waals surface area contributed by atoms with Crippen LogP contribution in [0.25, 0.3) is 0 Å². The maximum Gasteiger partial charge on any atom is 0.119 e. The van der Waals surface area contributed by atoms with E-state index in [4.69, 9.17) is 6.11 Å². The largest absolute Gasteiger partial charge is 0.497 e. The Kier molecular flexibility index (Phi) is 3.04. The SMILES string of the molecule is [2H]c1ccc(OC)cc1CNC(C)(C)C. The molecule has 1 aromatic rings. The Morgan fingerprint density at radius 3 is 2.79 bits per heavy atom. The summed E-state index contributed by atoms with van der Waals surface area (Å²) >= 11 is 0. The molecule has 78 valence electrons. The molecule has 1 N–H and O–H groups in total. The predicted octanol–water partition coefficient (Wildman–Crippen LogP) is 2.58. The highest BCUT2D eigenvalue weighted by Gasteiger charge is 2.08. The molecule has 1 rings (SSSR count). The summed E-state index contributed by atoms with van der Waals surface area (Å²) in [4.78, 5) is 0. The molecule has 0 heterocycles. The van der Waals surface area contributed by atoms with Crippen molar-refractivity contribution in [2.45, 2.75) is 32.9 Å². The molecule has 0 aromatic heterocycles. The van der Waals surface area contributed by atoms with Crippen molar-refractivity contribution >= 4 is 0 Å². The van der Waals surface area contributed by atoms with Gasteiger partial charge in [-0.2, -0.15) is 0 Å². The van der Waals surface area contributed by atoms with Crippen LogP contribution in [0.1, 0.15) is 27.7 Å². The van der Waals surface area contributed by atoms with Crippen LogP contribution in [0.4, 0.5) is 0 Å². The molecular weight excluding hydrogens is 174 g/mol. The van der Waals surface area contributed by atoms with Crippen molar-refractivity contribution in [3.63, 3.8) is 0 Å². The zero-order chi connectivity index (χ0) is 11.5. The Hall–Kier alpha value is -1.02. The van der Waals surface area contributed by atoms with E-state index in [9.17, 15) is 0 Å². The first kappa shape index (κ1) is 9.53. The van der Waals surface area contributed by atoms with Crippen LogP contribution >= 0.6 is 0 Å². The topological polar surface area (TPSA) is 21.3 Å². The second kappa shape index (κ2) is 4.47. The molecule has 0 radical (unpaired) electrons. The van der Waals surface area contributed by atoms with E-state index in [1.165, 1.54) is 0 Å². The molecule has 0 aliphatic carbocycles. The Morgan fingerprint density at radius 1 is 1.50 bits per heavy atom. The van der Waals surface area contributed by atoms with Gasteiger partial charge in [0.25, 0.3) is 0 Å². The summed E-state index contributed by atoms with van der Waals surface area (Å²) < 4.78 is 12.9. The molecule has 0 aliphatic rings. The van der Waals surface area contributed by atoms with E-state index in [-0.39, 0.29) is 5.54 Å². The summed E-state index contributed by atoms with van der Waals surface area (Å²) in [5.41, 5.74) is 1.03. The second-order valence-electron chi connectivity index (χ2n) is 4.36. The van der Waals surface area contributed by atoms with Gasteiger partial charge in [-0.1, -0.05) is 12.1 Å². The number of hydrogen-bond donors (Lipinski definition) is 1. The van der Waals surface area contributed by atoms with Crippen LogP contribution < -0.4 is 10.1 Å². The van der Waals surface area contributed by atoms with Crippen LogP contribution in [0, 0.1) is 0 Å². The zero-order valence-corrected chi connectivity index (χ0v) is 9.35. The summed E-state index contributed by atoms with van der Waals surface area (Å²) in [7, 11) is 1.64. The Labute approximate surface area is 87.7 Å². The van der Waals surface area contributed by atoms with Gasteiger partial charge < -0.3 is 10.1 Å². The van der Waals surface area contributed by atoms with Crippen LogP contribution in [0.2, 0.25) is 0 Å². The molecule has 2 heteroatoms. The van der Waals surface area contributed by atoms with Crippen LogP contribution in [0.5, 0.6) is 5.75 Å². The average molecular weight is 194 g/mol. The summed E-state index contributed by atoms with van der Waals surface area (Å²) in [5, 5.41) is 3.35. The Balaban J connectivity index is 2.75. The first-order valence-electron chi connectivity index (χ1n) is 5.31. The maximum absolute atomic E-state index is 7.75. The molecule has 0 aliphatic heterocycles. The summed E-state index contributed by atoms with van der Waals surface area (Å²) in [5.74, 6) is 0.803. The lowest BCUT2D eigenvalue weighted by Gasteiger charge is -2.20. The number of nitrogens with one attached hydrogen (secondary N) is 1. The lowest BCUT2D eigenvalue weighted by molar-refractivity contribution is 0.409. The van der Waals surface area contributed by atoms with Crippen molar-refractivity contribution in [1.82, 2.24) is 5.32 Å². The second-order valence-corrected chi connectivity index (χ2v) is 4.36. The first-order valence-corrected chi connectivity index (χ1v) is 4.81. The molecule has 0 saturated carbocycles. The van der Waals surface area contributed by atoms with Gasteiger partial charge in [0.05, 0.1) is 8.48 Å². The summed E-state index contributed by atoms with van der Waals surface area (Å²) in [6.45, 7) is 7.02. The lowest BCUT2D eigenvalue weighted by atomic mass is 10.1. The van der Waals surface area contributed by atoms with Crippen molar-refractivity contribution in [2.24, 2.45) is 0 Å². The number of benzene rings is 1. The highest BCUT2D eigenvalue weighted by Crippen LogP contribution is 2.13. The van der Waals surface area contributed by atoms with Gasteiger partial charge in [-0.3, -0.25) is 0 Å². The van der Waals surface area contributed by atoms with Gasteiger partial charge in [0.2, 0.25) is 0 Å². The van der Waals surface area contributed by atoms with Crippen LogP contribution in [0.15, 0.2) is 24.2 Å². The molecular formula is C12H19NO. The first-order chi connectivity index (χ1) is 6.92. The van der Waals surface area contributed by atoms with Crippen molar-refractivity contribution < 1.29 is 6.11 Å². The molecule has 1 aromatic carbocycles. The third-order valence-electron chi connectivity index (χ3n) is 1.88. The minimum absolute atomic E-state index is 0.0650. The quantitative estimate of drug-likeness (QED) is 0.798. The van der Waals surface area contributed by atoms with Crippen LogP contribution in [0.3, 0.4) is 0 Å². The summed E-state index contributed by atoms with van der Waals surface area (Å²) in [6, 6.07) is 6.02. The van der Waals surface area contributed by atoms with E-state index in [0.29, 0.717) is 12.6 Å². The average Bonchev–Trinajstić information content (AvgIpc) is 2.15. The molecule has 0 fully saturated rings. The van der Waals surface area contributed by atoms with E-state index in [0.717, 1.165) is 11.3 Å². The number of ether oxygens (including phenoxy) is 1. The molecule has 0 amide bonds. The fourth-order valence-corrected chi connectivity index (χ4v) is 1.08. The zero-order valence-electron chi connectivity index (χ0n) is 10.3. The fraction of sp³-hybridized carbons (Fsp3) is 0.500. The van der Waals surface area contributed by atoms with Crippen molar-refractivity contribution in [3.05, 3.63) is 29.8 Å². The maximum atomic E-state index is 7.75. The number of methoxy groups -OCH3 is 1. The number of rotatable bonds is 3. The molecule has 0 saturated heterocycles.